The van der Waals surface area contributed by atoms with Crippen LogP contribution in [0.15, 0.2) is 47.4 Å². The summed E-state index contributed by atoms with van der Waals surface area (Å²) in [5.41, 5.74) is 0.829. The highest BCUT2D eigenvalue weighted by atomic mass is 32.2. The first kappa shape index (κ1) is 14.3. The molecule has 2 rings (SSSR count). The van der Waals surface area contributed by atoms with Gasteiger partial charge in [-0.15, -0.1) is 0 Å². The van der Waals surface area contributed by atoms with E-state index in [1.165, 1.54) is 25.3 Å². The highest BCUT2D eigenvalue weighted by molar-refractivity contribution is 7.92. The maximum Gasteiger partial charge on any atom is 0.261 e. The third-order valence-electron chi connectivity index (χ3n) is 2.66. The minimum atomic E-state index is -3.74. The van der Waals surface area contributed by atoms with Crippen molar-refractivity contribution in [3.63, 3.8) is 0 Å². The Kier molecular flexibility index (Phi) is 3.94. The molecule has 2 aromatic rings. The van der Waals surface area contributed by atoms with Gasteiger partial charge in [0.2, 0.25) is 0 Å². The molecule has 0 aliphatic heterocycles. The molecule has 0 aliphatic carbocycles. The lowest BCUT2D eigenvalue weighted by Gasteiger charge is -2.09. The minimum absolute atomic E-state index is 0.0835. The largest absolute Gasteiger partial charge is 0.497 e. The van der Waals surface area contributed by atoms with Crippen molar-refractivity contribution >= 4 is 15.7 Å². The Bertz CT molecular complexity index is 691. The van der Waals surface area contributed by atoms with Crippen LogP contribution >= 0.6 is 0 Å². The average molecular weight is 295 g/mol. The van der Waals surface area contributed by atoms with Crippen LogP contribution in [0.1, 0.15) is 5.56 Å². The predicted octanol–water partition coefficient (Wildman–Crippen LogP) is 2.94. The van der Waals surface area contributed by atoms with E-state index >= 15 is 0 Å². The normalized spacial score (nSPS) is 11.2. The van der Waals surface area contributed by atoms with Crippen molar-refractivity contribution in [1.82, 2.24) is 0 Å². The Morgan fingerprint density at radius 1 is 1.10 bits per heavy atom. The van der Waals surface area contributed by atoms with Gasteiger partial charge in [0, 0.05) is 0 Å². The number of halogens is 1. The molecule has 0 spiro atoms. The first-order chi connectivity index (χ1) is 9.40. The molecule has 0 atom stereocenters. The van der Waals surface area contributed by atoms with Gasteiger partial charge in [-0.3, -0.25) is 4.72 Å². The molecule has 0 heterocycles. The first-order valence-electron chi connectivity index (χ1n) is 5.85. The fourth-order valence-corrected chi connectivity index (χ4v) is 2.80. The van der Waals surface area contributed by atoms with Crippen LogP contribution < -0.4 is 9.46 Å². The maximum absolute atomic E-state index is 13.3. The smallest absolute Gasteiger partial charge is 0.261 e. The van der Waals surface area contributed by atoms with Crippen LogP contribution in [0.4, 0.5) is 10.1 Å². The Balaban J connectivity index is 2.30. The van der Waals surface area contributed by atoms with E-state index in [9.17, 15) is 12.8 Å². The fourth-order valence-electron chi connectivity index (χ4n) is 1.76. The van der Waals surface area contributed by atoms with Gasteiger partial charge < -0.3 is 4.74 Å². The molecule has 106 valence electrons. The summed E-state index contributed by atoms with van der Waals surface area (Å²) in [5, 5.41) is 0. The number of hydrogen-bond donors (Lipinski definition) is 1. The topological polar surface area (TPSA) is 55.4 Å². The summed E-state index contributed by atoms with van der Waals surface area (Å²) >= 11 is 0. The molecule has 0 aromatic heterocycles. The first-order valence-corrected chi connectivity index (χ1v) is 7.33. The van der Waals surface area contributed by atoms with Crippen molar-refractivity contribution < 1.29 is 17.5 Å². The van der Waals surface area contributed by atoms with Crippen molar-refractivity contribution in [3.05, 3.63) is 53.8 Å². The summed E-state index contributed by atoms with van der Waals surface area (Å²) in [6, 6.07) is 9.96. The lowest BCUT2D eigenvalue weighted by atomic mass is 10.2. The third kappa shape index (κ3) is 3.27. The maximum atomic E-state index is 13.3. The molecule has 20 heavy (non-hydrogen) atoms. The highest BCUT2D eigenvalue weighted by Crippen LogP contribution is 2.20. The van der Waals surface area contributed by atoms with E-state index in [0.717, 1.165) is 6.07 Å². The van der Waals surface area contributed by atoms with Gasteiger partial charge in [-0.05, 0) is 55.0 Å². The monoisotopic (exact) mass is 295 g/mol. The van der Waals surface area contributed by atoms with Crippen molar-refractivity contribution in [3.8, 4) is 5.75 Å². The van der Waals surface area contributed by atoms with Crippen LogP contribution in [0.3, 0.4) is 0 Å². The molecule has 0 amide bonds. The van der Waals surface area contributed by atoms with Gasteiger partial charge in [-0.1, -0.05) is 0 Å². The molecular weight excluding hydrogens is 281 g/mol. The molecule has 0 bridgehead atoms. The quantitative estimate of drug-likeness (QED) is 0.943. The number of hydrogen-bond acceptors (Lipinski definition) is 3. The number of benzene rings is 2. The summed E-state index contributed by atoms with van der Waals surface area (Å²) in [6.45, 7) is 1.69. The van der Waals surface area contributed by atoms with Gasteiger partial charge in [0.15, 0.2) is 0 Å². The van der Waals surface area contributed by atoms with Gasteiger partial charge in [0.1, 0.15) is 11.6 Å². The summed E-state index contributed by atoms with van der Waals surface area (Å²) in [7, 11) is -2.25. The lowest BCUT2D eigenvalue weighted by molar-refractivity contribution is 0.414. The van der Waals surface area contributed by atoms with Gasteiger partial charge in [0.05, 0.1) is 17.7 Å². The summed E-state index contributed by atoms with van der Waals surface area (Å²) < 4.78 is 44.9. The molecule has 0 fully saturated rings. The fraction of sp³-hybridized carbons (Fsp3) is 0.143. The summed E-state index contributed by atoms with van der Waals surface area (Å²) in [5.74, 6) is 0.0722. The van der Waals surface area contributed by atoms with Crippen LogP contribution in [0, 0.1) is 12.7 Å². The van der Waals surface area contributed by atoms with Gasteiger partial charge in [0.25, 0.3) is 10.0 Å². The SMILES string of the molecule is COc1ccc(S(=O)(=O)Nc2cc(C)cc(F)c2)cc1. The number of anilines is 1. The van der Waals surface area contributed by atoms with Crippen LogP contribution in [0.25, 0.3) is 0 Å². The van der Waals surface area contributed by atoms with Crippen LogP contribution in [0.5, 0.6) is 5.75 Å². The minimum Gasteiger partial charge on any atom is -0.497 e. The number of sulfonamides is 1. The second-order valence-electron chi connectivity index (χ2n) is 4.30. The van der Waals surface area contributed by atoms with E-state index < -0.39 is 15.8 Å². The average Bonchev–Trinajstić information content (AvgIpc) is 2.37. The molecule has 0 unspecified atom stereocenters. The highest BCUT2D eigenvalue weighted by Gasteiger charge is 2.14. The van der Waals surface area contributed by atoms with E-state index in [1.54, 1.807) is 25.1 Å². The number of ether oxygens (including phenoxy) is 1. The van der Waals surface area contributed by atoms with Crippen molar-refractivity contribution in [2.75, 3.05) is 11.8 Å². The van der Waals surface area contributed by atoms with Crippen molar-refractivity contribution in [2.24, 2.45) is 0 Å². The van der Waals surface area contributed by atoms with E-state index in [-0.39, 0.29) is 10.6 Å². The number of nitrogens with one attached hydrogen (secondary N) is 1. The zero-order chi connectivity index (χ0) is 14.8. The molecule has 0 aliphatic rings. The zero-order valence-electron chi connectivity index (χ0n) is 11.1. The number of methoxy groups -OCH3 is 1. The molecule has 2 aromatic carbocycles. The molecule has 1 N–H and O–H groups in total. The standard InChI is InChI=1S/C14H14FNO3S/c1-10-7-11(15)9-12(8-10)16-20(17,18)14-5-3-13(19-2)4-6-14/h3-9,16H,1-2H3. The molecule has 0 radical (unpaired) electrons. The van der Waals surface area contributed by atoms with E-state index in [0.29, 0.717) is 11.3 Å². The molecular formula is C14H14FNO3S. The zero-order valence-corrected chi connectivity index (χ0v) is 11.9. The lowest BCUT2D eigenvalue weighted by Crippen LogP contribution is -2.13. The van der Waals surface area contributed by atoms with Crippen LogP contribution in [-0.2, 0) is 10.0 Å². The Morgan fingerprint density at radius 2 is 1.75 bits per heavy atom. The molecule has 0 saturated heterocycles. The second kappa shape index (κ2) is 5.50. The predicted molar refractivity (Wildman–Crippen MR) is 74.9 cm³/mol. The third-order valence-corrected chi connectivity index (χ3v) is 4.06. The summed E-state index contributed by atoms with van der Waals surface area (Å²) in [4.78, 5) is 0.0835. The van der Waals surface area contributed by atoms with Gasteiger partial charge in [-0.25, -0.2) is 12.8 Å². The Hall–Kier alpha value is -2.08. The van der Waals surface area contributed by atoms with Gasteiger partial charge in [-0.2, -0.15) is 0 Å². The summed E-state index contributed by atoms with van der Waals surface area (Å²) in [6.07, 6.45) is 0. The number of aryl methyl sites for hydroxylation is 1. The van der Waals surface area contributed by atoms with Gasteiger partial charge >= 0.3 is 0 Å². The molecule has 4 nitrogen and oxygen atoms in total. The van der Waals surface area contributed by atoms with Crippen LogP contribution in [0.2, 0.25) is 0 Å². The Labute approximate surface area is 117 Å². The van der Waals surface area contributed by atoms with E-state index in [4.69, 9.17) is 4.74 Å². The second-order valence-corrected chi connectivity index (χ2v) is 5.98. The Morgan fingerprint density at radius 3 is 2.30 bits per heavy atom. The van der Waals surface area contributed by atoms with Crippen molar-refractivity contribution in [2.45, 2.75) is 11.8 Å². The molecule has 0 saturated carbocycles. The van der Waals surface area contributed by atoms with Crippen LogP contribution in [-0.4, -0.2) is 15.5 Å². The van der Waals surface area contributed by atoms with Crippen molar-refractivity contribution in [1.29, 1.82) is 0 Å². The van der Waals surface area contributed by atoms with E-state index in [1.807, 2.05) is 0 Å². The molecule has 6 heteroatoms. The number of rotatable bonds is 4. The van der Waals surface area contributed by atoms with E-state index in [2.05, 4.69) is 4.72 Å².